The molecule has 104 valence electrons. The van der Waals surface area contributed by atoms with Crippen LogP contribution >= 0.6 is 22.6 Å². The van der Waals surface area contributed by atoms with Gasteiger partial charge in [0.1, 0.15) is 5.69 Å². The normalized spacial score (nSPS) is 10.6. The Kier molecular flexibility index (Phi) is 3.83. The molecule has 4 nitrogen and oxygen atoms in total. The molecule has 0 aliphatic rings. The molecule has 3 rings (SSSR count). The predicted octanol–water partition coefficient (Wildman–Crippen LogP) is 3.66. The van der Waals surface area contributed by atoms with E-state index >= 15 is 0 Å². The fourth-order valence-electron chi connectivity index (χ4n) is 2.10. The maximum Gasteiger partial charge on any atom is 0.153 e. The smallest absolute Gasteiger partial charge is 0.153 e. The summed E-state index contributed by atoms with van der Waals surface area (Å²) in [6.07, 6.45) is 4.28. The van der Waals surface area contributed by atoms with Gasteiger partial charge < -0.3 is 0 Å². The first kappa shape index (κ1) is 13.9. The number of nitrogens with zero attached hydrogens (tertiary/aromatic N) is 3. The van der Waals surface area contributed by atoms with Gasteiger partial charge in [0.15, 0.2) is 12.1 Å². The lowest BCUT2D eigenvalue weighted by molar-refractivity contribution is 0.112. The molecule has 0 fully saturated rings. The molecule has 0 saturated carbocycles. The van der Waals surface area contributed by atoms with E-state index in [1.54, 1.807) is 17.1 Å². The lowest BCUT2D eigenvalue weighted by Crippen LogP contribution is -1.98. The van der Waals surface area contributed by atoms with E-state index < -0.39 is 0 Å². The zero-order valence-corrected chi connectivity index (χ0v) is 13.5. The molecular weight excluding hydrogens is 377 g/mol. The molecule has 0 amide bonds. The highest BCUT2D eigenvalue weighted by Gasteiger charge is 2.14. The van der Waals surface area contributed by atoms with Crippen LogP contribution in [0.4, 0.5) is 0 Å². The molecule has 1 aromatic carbocycles. The van der Waals surface area contributed by atoms with Gasteiger partial charge in [-0.2, -0.15) is 5.10 Å². The first-order chi connectivity index (χ1) is 10.2. The van der Waals surface area contributed by atoms with E-state index in [1.165, 1.54) is 0 Å². The van der Waals surface area contributed by atoms with Crippen molar-refractivity contribution in [3.05, 3.63) is 63.5 Å². The van der Waals surface area contributed by atoms with Gasteiger partial charge in [-0.25, -0.2) is 9.67 Å². The van der Waals surface area contributed by atoms with Crippen molar-refractivity contribution in [1.82, 2.24) is 14.8 Å². The molecule has 0 radical (unpaired) electrons. The third-order valence-corrected chi connectivity index (χ3v) is 4.07. The Morgan fingerprint density at radius 1 is 1.24 bits per heavy atom. The highest BCUT2D eigenvalue weighted by Crippen LogP contribution is 2.26. The molecule has 3 aromatic rings. The molecule has 2 heterocycles. The van der Waals surface area contributed by atoms with Crippen LogP contribution in [0.1, 0.15) is 15.9 Å². The van der Waals surface area contributed by atoms with E-state index in [-0.39, 0.29) is 0 Å². The number of carbonyl (C=O) groups excluding carboxylic acids is 1. The Balaban J connectivity index is 2.15. The molecule has 0 atom stereocenters. The highest BCUT2D eigenvalue weighted by molar-refractivity contribution is 14.1. The number of hydrogen-bond acceptors (Lipinski definition) is 3. The molecule has 5 heteroatoms. The van der Waals surface area contributed by atoms with Crippen molar-refractivity contribution in [1.29, 1.82) is 0 Å². The Morgan fingerprint density at radius 3 is 2.76 bits per heavy atom. The van der Waals surface area contributed by atoms with Crippen molar-refractivity contribution in [3.63, 3.8) is 0 Å². The molecule has 0 bridgehead atoms. The third-order valence-electron chi connectivity index (χ3n) is 3.13. The summed E-state index contributed by atoms with van der Waals surface area (Å²) in [6, 6.07) is 11.7. The van der Waals surface area contributed by atoms with Gasteiger partial charge in [-0.1, -0.05) is 18.2 Å². The summed E-state index contributed by atoms with van der Waals surface area (Å²) < 4.78 is 2.70. The second kappa shape index (κ2) is 5.77. The molecule has 0 aliphatic heterocycles. The second-order valence-corrected chi connectivity index (χ2v) is 5.83. The first-order valence-corrected chi connectivity index (χ1v) is 7.49. The second-order valence-electron chi connectivity index (χ2n) is 4.67. The van der Waals surface area contributed by atoms with Crippen LogP contribution in [-0.2, 0) is 0 Å². The van der Waals surface area contributed by atoms with Crippen molar-refractivity contribution in [2.75, 3.05) is 0 Å². The van der Waals surface area contributed by atoms with Gasteiger partial charge in [0, 0.05) is 21.5 Å². The standard InChI is InChI=1S/C16H12IN3O/c1-11-6-7-18-15(8-11)20-9-12(10-21)16(19-20)13-4-2-3-5-14(13)17/h2-10H,1H3. The van der Waals surface area contributed by atoms with Gasteiger partial charge >= 0.3 is 0 Å². The van der Waals surface area contributed by atoms with Gasteiger partial charge in [0.25, 0.3) is 0 Å². The van der Waals surface area contributed by atoms with Crippen molar-refractivity contribution in [2.45, 2.75) is 6.92 Å². The van der Waals surface area contributed by atoms with Crippen molar-refractivity contribution < 1.29 is 4.79 Å². The molecule has 0 unspecified atom stereocenters. The van der Waals surface area contributed by atoms with Gasteiger partial charge in [0.05, 0.1) is 5.56 Å². The number of halogens is 1. The summed E-state index contributed by atoms with van der Waals surface area (Å²) in [6.45, 7) is 2.00. The number of carbonyl (C=O) groups is 1. The zero-order valence-electron chi connectivity index (χ0n) is 11.3. The van der Waals surface area contributed by atoms with E-state index in [4.69, 9.17) is 0 Å². The Morgan fingerprint density at radius 2 is 2.05 bits per heavy atom. The summed E-state index contributed by atoms with van der Waals surface area (Å²) in [7, 11) is 0. The number of aromatic nitrogens is 3. The fourth-order valence-corrected chi connectivity index (χ4v) is 2.74. The minimum Gasteiger partial charge on any atom is -0.298 e. The topological polar surface area (TPSA) is 47.8 Å². The zero-order chi connectivity index (χ0) is 14.8. The van der Waals surface area contributed by atoms with Crippen LogP contribution in [0.25, 0.3) is 17.1 Å². The van der Waals surface area contributed by atoms with Crippen molar-refractivity contribution >= 4 is 28.9 Å². The fraction of sp³-hybridized carbons (Fsp3) is 0.0625. The minimum absolute atomic E-state index is 0.558. The molecular formula is C16H12IN3O. The summed E-state index contributed by atoms with van der Waals surface area (Å²) in [5, 5.41) is 4.54. The lowest BCUT2D eigenvalue weighted by atomic mass is 10.1. The number of rotatable bonds is 3. The molecule has 0 aliphatic carbocycles. The Hall–Kier alpha value is -2.02. The summed E-state index contributed by atoms with van der Waals surface area (Å²) in [5.41, 5.74) is 3.28. The van der Waals surface area contributed by atoms with E-state index in [1.807, 2.05) is 43.3 Å². The van der Waals surface area contributed by atoms with E-state index in [0.717, 1.165) is 21.0 Å². The lowest BCUT2D eigenvalue weighted by Gasteiger charge is -2.02. The van der Waals surface area contributed by atoms with Crippen LogP contribution in [0.15, 0.2) is 48.8 Å². The van der Waals surface area contributed by atoms with Crippen molar-refractivity contribution in [2.24, 2.45) is 0 Å². The predicted molar refractivity (Wildman–Crippen MR) is 89.6 cm³/mol. The maximum atomic E-state index is 11.3. The van der Waals surface area contributed by atoms with Crippen LogP contribution in [0.3, 0.4) is 0 Å². The number of hydrogen-bond donors (Lipinski definition) is 0. The Bertz CT molecular complexity index is 811. The molecule has 0 saturated heterocycles. The summed E-state index contributed by atoms with van der Waals surface area (Å²) >= 11 is 2.25. The summed E-state index contributed by atoms with van der Waals surface area (Å²) in [5.74, 6) is 0.704. The van der Waals surface area contributed by atoms with Gasteiger partial charge in [-0.15, -0.1) is 0 Å². The Labute approximate surface area is 136 Å². The largest absolute Gasteiger partial charge is 0.298 e. The quantitative estimate of drug-likeness (QED) is 0.508. The van der Waals surface area contributed by atoms with Gasteiger partial charge in [-0.3, -0.25) is 4.79 Å². The SMILES string of the molecule is Cc1ccnc(-n2cc(C=O)c(-c3ccccc3I)n2)c1. The maximum absolute atomic E-state index is 11.3. The average molecular weight is 389 g/mol. The average Bonchev–Trinajstić information content (AvgIpc) is 2.92. The first-order valence-electron chi connectivity index (χ1n) is 6.42. The van der Waals surface area contributed by atoms with Crippen molar-refractivity contribution in [3.8, 4) is 17.1 Å². The molecule has 0 N–H and O–H groups in total. The number of benzene rings is 1. The highest BCUT2D eigenvalue weighted by atomic mass is 127. The van der Waals surface area contributed by atoms with Gasteiger partial charge in [-0.05, 0) is 53.3 Å². The summed E-state index contributed by atoms with van der Waals surface area (Å²) in [4.78, 5) is 15.6. The van der Waals surface area contributed by atoms with Crippen LogP contribution in [0.2, 0.25) is 0 Å². The van der Waals surface area contributed by atoms with Crippen LogP contribution in [-0.4, -0.2) is 21.1 Å². The van der Waals surface area contributed by atoms with Crippen LogP contribution in [0, 0.1) is 10.5 Å². The number of aldehydes is 1. The monoisotopic (exact) mass is 389 g/mol. The van der Waals surface area contributed by atoms with Crippen LogP contribution in [0.5, 0.6) is 0 Å². The molecule has 21 heavy (non-hydrogen) atoms. The van der Waals surface area contributed by atoms with E-state index in [9.17, 15) is 4.79 Å². The van der Waals surface area contributed by atoms with E-state index in [0.29, 0.717) is 17.1 Å². The van der Waals surface area contributed by atoms with Gasteiger partial charge in [0.2, 0.25) is 0 Å². The van der Waals surface area contributed by atoms with E-state index in [2.05, 4.69) is 32.7 Å². The number of aryl methyl sites for hydroxylation is 1. The molecule has 2 aromatic heterocycles. The third kappa shape index (κ3) is 2.73. The van der Waals surface area contributed by atoms with Crippen LogP contribution < -0.4 is 0 Å². The molecule has 0 spiro atoms. The minimum atomic E-state index is 0.558. The number of pyridine rings is 1.